The van der Waals surface area contributed by atoms with Gasteiger partial charge < -0.3 is 14.5 Å². The smallest absolute Gasteiger partial charge is 0.348 e. The fraction of sp³-hybridized carbons (Fsp3) is 0.435. The Bertz CT molecular complexity index is 1110. The quantitative estimate of drug-likeness (QED) is 0.391. The number of carbonyl (C=O) groups excluding carboxylic acids is 1. The van der Waals surface area contributed by atoms with E-state index in [-0.39, 0.29) is 17.2 Å². The van der Waals surface area contributed by atoms with Crippen molar-refractivity contribution in [3.05, 3.63) is 45.6 Å². The topological polar surface area (TPSA) is 58.6 Å². The maximum atomic E-state index is 12.6. The van der Waals surface area contributed by atoms with Gasteiger partial charge in [0, 0.05) is 31.9 Å². The maximum absolute atomic E-state index is 12.6. The van der Waals surface area contributed by atoms with Gasteiger partial charge in [-0.05, 0) is 54.6 Å². The minimum Gasteiger partial charge on any atom is -0.461 e. The lowest BCUT2D eigenvalue weighted by atomic mass is 10.1. The molecule has 0 atom stereocenters. The van der Waals surface area contributed by atoms with E-state index in [0.717, 1.165) is 47.8 Å². The molecule has 8 heteroatoms. The summed E-state index contributed by atoms with van der Waals surface area (Å²) in [4.78, 5) is 27.5. The second kappa shape index (κ2) is 9.01. The van der Waals surface area contributed by atoms with Gasteiger partial charge in [0.1, 0.15) is 15.5 Å². The summed E-state index contributed by atoms with van der Waals surface area (Å²) in [5.74, 6) is 0.782. The molecule has 2 aromatic heterocycles. The third-order valence-corrected chi connectivity index (χ3v) is 6.76. The van der Waals surface area contributed by atoms with Gasteiger partial charge in [-0.2, -0.15) is 4.98 Å². The van der Waals surface area contributed by atoms with Crippen LogP contribution in [-0.4, -0.2) is 48.7 Å². The number of hydrogen-bond donors (Lipinski definition) is 0. The van der Waals surface area contributed by atoms with E-state index in [9.17, 15) is 4.79 Å². The van der Waals surface area contributed by atoms with Crippen LogP contribution in [0.4, 0.5) is 11.5 Å². The highest BCUT2D eigenvalue weighted by Crippen LogP contribution is 2.37. The third kappa shape index (κ3) is 4.62. The van der Waals surface area contributed by atoms with Gasteiger partial charge in [0.05, 0.1) is 12.0 Å². The van der Waals surface area contributed by atoms with Crippen molar-refractivity contribution in [2.24, 2.45) is 5.92 Å². The molecule has 3 aromatic rings. The second-order valence-corrected chi connectivity index (χ2v) is 9.70. The summed E-state index contributed by atoms with van der Waals surface area (Å²) in [6, 6.07) is 8.58. The molecule has 1 fully saturated rings. The van der Waals surface area contributed by atoms with Gasteiger partial charge in [0.15, 0.2) is 0 Å². The Morgan fingerprint density at radius 1 is 1.16 bits per heavy atom. The van der Waals surface area contributed by atoms with Crippen molar-refractivity contribution in [2.45, 2.75) is 27.7 Å². The van der Waals surface area contributed by atoms with Gasteiger partial charge >= 0.3 is 5.97 Å². The monoisotopic (exact) mass is 458 g/mol. The lowest BCUT2D eigenvalue weighted by Crippen LogP contribution is -2.47. The van der Waals surface area contributed by atoms with Crippen LogP contribution in [-0.2, 0) is 4.74 Å². The summed E-state index contributed by atoms with van der Waals surface area (Å²) in [5.41, 5.74) is 3.36. The summed E-state index contributed by atoms with van der Waals surface area (Å²) < 4.78 is 5.46. The molecule has 0 amide bonds. The molecule has 4 rings (SSSR count). The number of thiophene rings is 1. The molecule has 1 aromatic carbocycles. The second-order valence-electron chi connectivity index (χ2n) is 8.36. The Morgan fingerprint density at radius 2 is 1.87 bits per heavy atom. The van der Waals surface area contributed by atoms with E-state index in [1.54, 1.807) is 0 Å². The number of aromatic nitrogens is 2. The molecule has 0 radical (unpaired) electrons. The summed E-state index contributed by atoms with van der Waals surface area (Å²) in [7, 11) is 0. The molecule has 0 saturated carbocycles. The number of nitrogens with zero attached hydrogens (tertiary/aromatic N) is 4. The summed E-state index contributed by atoms with van der Waals surface area (Å²) in [6.07, 6.45) is 0. The van der Waals surface area contributed by atoms with Crippen molar-refractivity contribution in [3.8, 4) is 0 Å². The van der Waals surface area contributed by atoms with E-state index in [2.05, 4.69) is 51.0 Å². The highest BCUT2D eigenvalue weighted by atomic mass is 35.5. The standard InChI is InChI=1S/C23H27ClN4O2S/c1-14(2)13-30-22(29)19-16(4)18-20(25-23(24)26-21(18)31-19)28-10-8-27(9-11-28)17-7-5-6-15(3)12-17/h5-7,12,14H,8-11,13H2,1-4H3. The van der Waals surface area contributed by atoms with Crippen molar-refractivity contribution in [1.29, 1.82) is 0 Å². The first-order valence-corrected chi connectivity index (χ1v) is 11.7. The molecule has 6 nitrogen and oxygen atoms in total. The zero-order valence-electron chi connectivity index (χ0n) is 18.3. The van der Waals surface area contributed by atoms with Crippen LogP contribution in [0.3, 0.4) is 0 Å². The molecule has 0 unspecified atom stereocenters. The van der Waals surface area contributed by atoms with Gasteiger partial charge in [-0.3, -0.25) is 0 Å². The van der Waals surface area contributed by atoms with Crippen LogP contribution >= 0.6 is 22.9 Å². The van der Waals surface area contributed by atoms with E-state index in [1.807, 2.05) is 20.8 Å². The molecular formula is C23H27ClN4O2S. The number of anilines is 2. The first-order valence-electron chi connectivity index (χ1n) is 10.5. The van der Waals surface area contributed by atoms with E-state index in [4.69, 9.17) is 16.3 Å². The number of aryl methyl sites for hydroxylation is 2. The number of piperazine rings is 1. The molecule has 1 aliphatic heterocycles. The van der Waals surface area contributed by atoms with Gasteiger partial charge in [0.25, 0.3) is 0 Å². The lowest BCUT2D eigenvalue weighted by molar-refractivity contribution is 0.0464. The van der Waals surface area contributed by atoms with Crippen LogP contribution in [0.5, 0.6) is 0 Å². The van der Waals surface area contributed by atoms with Crippen molar-refractivity contribution in [3.63, 3.8) is 0 Å². The maximum Gasteiger partial charge on any atom is 0.348 e. The fourth-order valence-electron chi connectivity index (χ4n) is 3.82. The van der Waals surface area contributed by atoms with Crippen LogP contribution in [0.2, 0.25) is 5.28 Å². The first kappa shape index (κ1) is 21.8. The minimum atomic E-state index is -0.305. The average Bonchev–Trinajstić information content (AvgIpc) is 3.07. The van der Waals surface area contributed by atoms with Crippen molar-refractivity contribution >= 4 is 50.6 Å². The Kier molecular flexibility index (Phi) is 6.34. The number of esters is 1. The third-order valence-electron chi connectivity index (χ3n) is 5.42. The van der Waals surface area contributed by atoms with Crippen molar-refractivity contribution in [2.75, 3.05) is 42.6 Å². The molecule has 1 saturated heterocycles. The number of halogens is 1. The molecule has 0 aliphatic carbocycles. The summed E-state index contributed by atoms with van der Waals surface area (Å²) in [5, 5.41) is 1.10. The molecule has 0 N–H and O–H groups in total. The normalized spacial score (nSPS) is 14.5. The fourth-order valence-corrected chi connectivity index (χ4v) is 5.11. The van der Waals surface area contributed by atoms with E-state index in [1.165, 1.54) is 22.6 Å². The Hall–Kier alpha value is -2.38. The average molecular weight is 459 g/mol. The van der Waals surface area contributed by atoms with Crippen LogP contribution in [0.15, 0.2) is 24.3 Å². The van der Waals surface area contributed by atoms with Gasteiger partial charge in [0.2, 0.25) is 5.28 Å². The molecule has 164 valence electrons. The van der Waals surface area contributed by atoms with Gasteiger partial charge in [-0.1, -0.05) is 26.0 Å². The Labute approximate surface area is 191 Å². The molecular weight excluding hydrogens is 432 g/mol. The van der Waals surface area contributed by atoms with Crippen molar-refractivity contribution in [1.82, 2.24) is 9.97 Å². The molecule has 1 aliphatic rings. The molecule has 0 bridgehead atoms. The predicted molar refractivity (Wildman–Crippen MR) is 128 cm³/mol. The SMILES string of the molecule is Cc1cccc(N2CCN(c3nc(Cl)nc4sc(C(=O)OCC(C)C)c(C)c34)CC2)c1. The summed E-state index contributed by atoms with van der Waals surface area (Å²) >= 11 is 7.59. The number of fused-ring (bicyclic) bond motifs is 1. The number of hydrogen-bond acceptors (Lipinski definition) is 7. The summed E-state index contributed by atoms with van der Waals surface area (Å²) in [6.45, 7) is 11.9. The minimum absolute atomic E-state index is 0.201. The predicted octanol–water partition coefficient (Wildman–Crippen LogP) is 5.10. The lowest BCUT2D eigenvalue weighted by Gasteiger charge is -2.37. The number of carbonyl (C=O) groups is 1. The Morgan fingerprint density at radius 3 is 2.55 bits per heavy atom. The molecule has 0 spiro atoms. The van der Waals surface area contributed by atoms with Crippen LogP contribution < -0.4 is 9.80 Å². The van der Waals surface area contributed by atoms with E-state index >= 15 is 0 Å². The largest absolute Gasteiger partial charge is 0.461 e. The molecule has 3 heterocycles. The molecule has 31 heavy (non-hydrogen) atoms. The van der Waals surface area contributed by atoms with E-state index < -0.39 is 0 Å². The number of ether oxygens (including phenoxy) is 1. The first-order chi connectivity index (χ1) is 14.8. The van der Waals surface area contributed by atoms with Gasteiger partial charge in [-0.25, -0.2) is 9.78 Å². The number of rotatable bonds is 5. The number of benzene rings is 1. The van der Waals surface area contributed by atoms with Crippen LogP contribution in [0, 0.1) is 19.8 Å². The van der Waals surface area contributed by atoms with Crippen LogP contribution in [0.25, 0.3) is 10.2 Å². The zero-order chi connectivity index (χ0) is 22.1. The van der Waals surface area contributed by atoms with Crippen molar-refractivity contribution < 1.29 is 9.53 Å². The highest BCUT2D eigenvalue weighted by molar-refractivity contribution is 7.20. The van der Waals surface area contributed by atoms with Crippen LogP contribution in [0.1, 0.15) is 34.6 Å². The highest BCUT2D eigenvalue weighted by Gasteiger charge is 2.26. The zero-order valence-corrected chi connectivity index (χ0v) is 19.9. The Balaban J connectivity index is 1.60. The van der Waals surface area contributed by atoms with Gasteiger partial charge in [-0.15, -0.1) is 11.3 Å². The van der Waals surface area contributed by atoms with E-state index in [0.29, 0.717) is 11.5 Å².